The van der Waals surface area contributed by atoms with Crippen molar-refractivity contribution in [2.24, 2.45) is 24.2 Å². The molecule has 31 heavy (non-hydrogen) atoms. The number of rotatable bonds is 9. The lowest BCUT2D eigenvalue weighted by atomic mass is 10.1. The Balaban J connectivity index is 1.64. The molecule has 0 aliphatic rings. The van der Waals surface area contributed by atoms with Crippen LogP contribution in [0.2, 0.25) is 0 Å². The minimum atomic E-state index is -0.824. The van der Waals surface area contributed by atoms with Crippen molar-refractivity contribution in [3.63, 3.8) is 0 Å². The van der Waals surface area contributed by atoms with Gasteiger partial charge in [-0.15, -0.1) is 0 Å². The number of ether oxygens (including phenoxy) is 1. The maximum atomic E-state index is 12.2. The highest BCUT2D eigenvalue weighted by molar-refractivity contribution is 5.98. The van der Waals surface area contributed by atoms with Crippen molar-refractivity contribution in [1.29, 1.82) is 0 Å². The number of fused-ring (bicyclic) bond motifs is 1. The molecule has 9 nitrogen and oxygen atoms in total. The van der Waals surface area contributed by atoms with E-state index in [4.69, 9.17) is 21.9 Å². The van der Waals surface area contributed by atoms with Crippen molar-refractivity contribution in [2.75, 3.05) is 5.32 Å². The molecule has 2 aromatic carbocycles. The molecule has 0 aliphatic carbocycles. The second kappa shape index (κ2) is 9.31. The fourth-order valence-electron chi connectivity index (χ4n) is 3.22. The van der Waals surface area contributed by atoms with E-state index in [9.17, 15) is 14.4 Å². The summed E-state index contributed by atoms with van der Waals surface area (Å²) in [5.41, 5.74) is 19.0. The van der Waals surface area contributed by atoms with Gasteiger partial charge in [-0.05, 0) is 48.4 Å². The highest BCUT2D eigenvalue weighted by Crippen LogP contribution is 2.24. The summed E-state index contributed by atoms with van der Waals surface area (Å²) in [5, 5.41) is 3.58. The smallest absolute Gasteiger partial charge is 0.265 e. The van der Waals surface area contributed by atoms with Crippen LogP contribution in [-0.4, -0.2) is 28.3 Å². The lowest BCUT2D eigenvalue weighted by Gasteiger charge is -2.13. The van der Waals surface area contributed by atoms with Crippen LogP contribution in [0.4, 0.5) is 5.69 Å². The minimum Gasteiger partial charge on any atom is -0.489 e. The van der Waals surface area contributed by atoms with Crippen molar-refractivity contribution in [3.8, 4) is 5.75 Å². The van der Waals surface area contributed by atoms with Gasteiger partial charge in [-0.1, -0.05) is 12.1 Å². The van der Waals surface area contributed by atoms with Crippen LogP contribution in [0.3, 0.4) is 0 Å². The first kappa shape index (κ1) is 21.8. The fourth-order valence-corrected chi connectivity index (χ4v) is 3.22. The van der Waals surface area contributed by atoms with Crippen LogP contribution in [0.25, 0.3) is 10.9 Å². The zero-order valence-corrected chi connectivity index (χ0v) is 17.1. The third-order valence-electron chi connectivity index (χ3n) is 4.90. The Morgan fingerprint density at radius 2 is 1.87 bits per heavy atom. The molecular weight excluding hydrogens is 398 g/mol. The van der Waals surface area contributed by atoms with E-state index < -0.39 is 17.9 Å². The molecule has 0 spiro atoms. The molecular formula is C22H25N5O4. The lowest BCUT2D eigenvalue weighted by Crippen LogP contribution is -2.36. The first-order valence-electron chi connectivity index (χ1n) is 9.70. The molecule has 0 bridgehead atoms. The number of aromatic nitrogens is 1. The summed E-state index contributed by atoms with van der Waals surface area (Å²) in [5.74, 6) is -0.743. The highest BCUT2D eigenvalue weighted by Gasteiger charge is 2.15. The zero-order valence-electron chi connectivity index (χ0n) is 17.1. The number of anilines is 1. The number of aryl methyl sites for hydroxylation is 1. The molecule has 1 aromatic heterocycles. The summed E-state index contributed by atoms with van der Waals surface area (Å²) in [6.07, 6.45) is 0.235. The predicted octanol–water partition coefficient (Wildman–Crippen LogP) is 1.39. The molecule has 9 heteroatoms. The van der Waals surface area contributed by atoms with E-state index in [1.54, 1.807) is 35.9 Å². The maximum absolute atomic E-state index is 12.2. The summed E-state index contributed by atoms with van der Waals surface area (Å²) in [4.78, 5) is 34.5. The molecule has 0 unspecified atom stereocenters. The van der Waals surface area contributed by atoms with Gasteiger partial charge in [0.05, 0.1) is 6.04 Å². The monoisotopic (exact) mass is 423 g/mol. The molecule has 162 valence electrons. The van der Waals surface area contributed by atoms with Crippen LogP contribution < -0.4 is 27.3 Å². The highest BCUT2D eigenvalue weighted by atomic mass is 16.5. The lowest BCUT2D eigenvalue weighted by molar-refractivity contribution is -0.119. The van der Waals surface area contributed by atoms with Gasteiger partial charge in [0.2, 0.25) is 11.8 Å². The van der Waals surface area contributed by atoms with Crippen molar-refractivity contribution in [2.45, 2.75) is 25.5 Å². The summed E-state index contributed by atoms with van der Waals surface area (Å²) >= 11 is 0. The number of nitrogens with two attached hydrogens (primary N) is 3. The fraction of sp³-hybridized carbons (Fsp3) is 0.227. The van der Waals surface area contributed by atoms with Crippen LogP contribution in [0.1, 0.15) is 28.9 Å². The van der Waals surface area contributed by atoms with Gasteiger partial charge in [0.15, 0.2) is 0 Å². The Labute approximate surface area is 179 Å². The Kier molecular flexibility index (Phi) is 6.56. The van der Waals surface area contributed by atoms with E-state index in [1.165, 1.54) is 0 Å². The van der Waals surface area contributed by atoms with Gasteiger partial charge < -0.3 is 31.8 Å². The average molecular weight is 423 g/mol. The number of nitrogens with zero attached hydrogens (tertiary/aromatic N) is 1. The van der Waals surface area contributed by atoms with Crippen molar-refractivity contribution in [3.05, 3.63) is 59.8 Å². The number of primary amides is 2. The second-order valence-electron chi connectivity index (χ2n) is 7.26. The van der Waals surface area contributed by atoms with Crippen molar-refractivity contribution in [1.82, 2.24) is 4.57 Å². The van der Waals surface area contributed by atoms with Crippen LogP contribution >= 0.6 is 0 Å². The number of hydrogen-bond acceptors (Lipinski definition) is 5. The molecule has 0 aliphatic heterocycles. The number of nitrogens with one attached hydrogen (secondary N) is 1. The van der Waals surface area contributed by atoms with E-state index in [0.29, 0.717) is 17.1 Å². The standard InChI is InChI=1S/C22H25N5O4/c1-27-18-7-5-16(10-14(18)11-19(27)21(25)29)31-12-13-3-2-4-15(9-13)26-22(30)17(23)6-8-20(24)28/h2-5,7,9-11,17H,6,8,12,23H2,1H3,(H2,24,28)(H2,25,29)(H,26,30)/t17-/m0/s1. The molecule has 3 aromatic rings. The van der Waals surface area contributed by atoms with Crippen LogP contribution in [0, 0.1) is 0 Å². The first-order valence-corrected chi connectivity index (χ1v) is 9.70. The van der Waals surface area contributed by atoms with E-state index in [2.05, 4.69) is 5.32 Å². The molecule has 7 N–H and O–H groups in total. The topological polar surface area (TPSA) is 155 Å². The number of carbonyl (C=O) groups is 3. The van der Waals surface area contributed by atoms with Gasteiger partial charge in [0, 0.05) is 30.1 Å². The zero-order chi connectivity index (χ0) is 22.5. The molecule has 0 saturated heterocycles. The summed E-state index contributed by atoms with van der Waals surface area (Å²) in [7, 11) is 1.78. The molecule has 1 atom stereocenters. The quantitative estimate of drug-likeness (QED) is 0.409. The van der Waals surface area contributed by atoms with Gasteiger partial charge in [-0.3, -0.25) is 14.4 Å². The predicted molar refractivity (Wildman–Crippen MR) is 117 cm³/mol. The van der Waals surface area contributed by atoms with Crippen LogP contribution in [-0.2, 0) is 23.2 Å². The largest absolute Gasteiger partial charge is 0.489 e. The van der Waals surface area contributed by atoms with Gasteiger partial charge >= 0.3 is 0 Å². The molecule has 3 amide bonds. The number of hydrogen-bond donors (Lipinski definition) is 4. The van der Waals surface area contributed by atoms with Crippen molar-refractivity contribution < 1.29 is 19.1 Å². The average Bonchev–Trinajstić information content (AvgIpc) is 3.07. The van der Waals surface area contributed by atoms with Gasteiger partial charge in [0.25, 0.3) is 5.91 Å². The van der Waals surface area contributed by atoms with E-state index in [-0.39, 0.29) is 25.4 Å². The van der Waals surface area contributed by atoms with Crippen LogP contribution in [0.5, 0.6) is 5.75 Å². The molecule has 0 fully saturated rings. The Bertz CT molecular complexity index is 1140. The molecule has 3 rings (SSSR count). The second-order valence-corrected chi connectivity index (χ2v) is 7.26. The molecule has 0 saturated carbocycles. The number of benzene rings is 2. The Hall–Kier alpha value is -3.85. The van der Waals surface area contributed by atoms with E-state index in [0.717, 1.165) is 16.5 Å². The van der Waals surface area contributed by atoms with E-state index >= 15 is 0 Å². The third-order valence-corrected chi connectivity index (χ3v) is 4.90. The number of amides is 3. The van der Waals surface area contributed by atoms with Crippen molar-refractivity contribution >= 4 is 34.3 Å². The molecule has 0 radical (unpaired) electrons. The summed E-state index contributed by atoms with van der Waals surface area (Å²) in [6, 6.07) is 13.6. The normalized spacial score (nSPS) is 11.8. The third kappa shape index (κ3) is 5.40. The Morgan fingerprint density at radius 1 is 1.10 bits per heavy atom. The Morgan fingerprint density at radius 3 is 2.58 bits per heavy atom. The molecule has 1 heterocycles. The maximum Gasteiger partial charge on any atom is 0.265 e. The first-order chi connectivity index (χ1) is 14.7. The van der Waals surface area contributed by atoms with Gasteiger partial charge in [-0.2, -0.15) is 0 Å². The van der Waals surface area contributed by atoms with Gasteiger partial charge in [0.1, 0.15) is 18.1 Å². The minimum absolute atomic E-state index is 0.0508. The van der Waals surface area contributed by atoms with Crippen LogP contribution in [0.15, 0.2) is 48.5 Å². The van der Waals surface area contributed by atoms with Gasteiger partial charge in [-0.25, -0.2) is 0 Å². The summed E-state index contributed by atoms with van der Waals surface area (Å²) < 4.78 is 7.61. The summed E-state index contributed by atoms with van der Waals surface area (Å²) in [6.45, 7) is 0.276. The SMILES string of the molecule is Cn1c(C(N)=O)cc2cc(OCc3cccc(NC(=O)[C@@H](N)CCC(N)=O)c3)ccc21. The van der Waals surface area contributed by atoms with E-state index in [1.807, 2.05) is 24.3 Å². The number of carbonyl (C=O) groups excluding carboxylic acids is 3.